The number of fused-ring (bicyclic) bond motifs is 6. The van der Waals surface area contributed by atoms with Crippen LogP contribution >= 0.6 is 0 Å². The Labute approximate surface area is 359 Å². The predicted octanol–water partition coefficient (Wildman–Crippen LogP) is 17.2. The van der Waals surface area contributed by atoms with Gasteiger partial charge in [0.25, 0.3) is 0 Å². The number of rotatable bonds is 7. The third-order valence-corrected chi connectivity index (χ3v) is 12.3. The Morgan fingerprint density at radius 2 is 0.435 bits per heavy atom. The van der Waals surface area contributed by atoms with Gasteiger partial charge in [-0.1, -0.05) is 218 Å². The predicted molar refractivity (Wildman–Crippen MR) is 259 cm³/mol. The van der Waals surface area contributed by atoms with Crippen molar-refractivity contribution in [2.45, 2.75) is 0 Å². The van der Waals surface area contributed by atoms with Crippen molar-refractivity contribution in [1.82, 2.24) is 0 Å². The van der Waals surface area contributed by atoms with Crippen LogP contribution in [-0.2, 0) is 0 Å². The van der Waals surface area contributed by atoms with Gasteiger partial charge in [0.2, 0.25) is 0 Å². The summed E-state index contributed by atoms with van der Waals surface area (Å²) in [5, 5.41) is 4.40. The molecular formula is C60H38O2. The summed E-state index contributed by atoms with van der Waals surface area (Å²) < 4.78 is 14.1. The number of para-hydroxylation sites is 4. The lowest BCUT2D eigenvalue weighted by Gasteiger charge is -2.15. The van der Waals surface area contributed by atoms with Crippen LogP contribution in [0.2, 0.25) is 0 Å². The molecule has 0 aliphatic heterocycles. The van der Waals surface area contributed by atoms with Crippen LogP contribution in [0.5, 0.6) is 0 Å². The van der Waals surface area contributed by atoms with Crippen molar-refractivity contribution in [3.05, 3.63) is 231 Å². The lowest BCUT2D eigenvalue weighted by atomic mass is 9.88. The normalized spacial score (nSPS) is 11.5. The average Bonchev–Trinajstić information content (AvgIpc) is 3.94. The molecule has 0 spiro atoms. The summed E-state index contributed by atoms with van der Waals surface area (Å²) in [5.41, 5.74) is 19.2. The summed E-state index contributed by atoms with van der Waals surface area (Å²) >= 11 is 0. The van der Waals surface area contributed by atoms with Crippen LogP contribution < -0.4 is 0 Å². The maximum absolute atomic E-state index is 7.03. The van der Waals surface area contributed by atoms with Gasteiger partial charge in [0.05, 0.1) is 0 Å². The zero-order valence-electron chi connectivity index (χ0n) is 33.8. The van der Waals surface area contributed by atoms with Crippen LogP contribution in [-0.4, -0.2) is 0 Å². The Bertz CT molecular complexity index is 3380. The van der Waals surface area contributed by atoms with Gasteiger partial charge < -0.3 is 8.83 Å². The second-order valence-corrected chi connectivity index (χ2v) is 15.9. The van der Waals surface area contributed by atoms with Crippen LogP contribution in [0, 0.1) is 0 Å². The number of benzene rings is 10. The molecule has 62 heavy (non-hydrogen) atoms. The van der Waals surface area contributed by atoms with Crippen molar-refractivity contribution in [3.8, 4) is 77.9 Å². The van der Waals surface area contributed by atoms with Crippen molar-refractivity contribution in [3.63, 3.8) is 0 Å². The van der Waals surface area contributed by atoms with Crippen LogP contribution in [0.25, 0.3) is 122 Å². The molecule has 0 saturated heterocycles. The molecule has 2 heteroatoms. The molecule has 0 aliphatic rings. The topological polar surface area (TPSA) is 26.3 Å². The highest BCUT2D eigenvalue weighted by Gasteiger charge is 2.21. The van der Waals surface area contributed by atoms with Gasteiger partial charge in [0.1, 0.15) is 22.3 Å². The van der Waals surface area contributed by atoms with E-state index < -0.39 is 0 Å². The van der Waals surface area contributed by atoms with E-state index in [0.29, 0.717) is 0 Å². The molecular weight excluding hydrogens is 753 g/mol. The Kier molecular flexibility index (Phi) is 8.53. The first-order chi connectivity index (χ1) is 30.8. The van der Waals surface area contributed by atoms with Crippen molar-refractivity contribution in [2.75, 3.05) is 0 Å². The van der Waals surface area contributed by atoms with Gasteiger partial charge in [-0.15, -0.1) is 0 Å². The molecule has 0 fully saturated rings. The second kappa shape index (κ2) is 14.8. The van der Waals surface area contributed by atoms with Gasteiger partial charge in [-0.2, -0.15) is 0 Å². The van der Waals surface area contributed by atoms with E-state index in [-0.39, 0.29) is 0 Å². The molecule has 0 N–H and O–H groups in total. The fourth-order valence-corrected chi connectivity index (χ4v) is 9.42. The summed E-state index contributed by atoms with van der Waals surface area (Å²) in [4.78, 5) is 0. The molecule has 290 valence electrons. The zero-order chi connectivity index (χ0) is 41.0. The molecule has 12 rings (SSSR count). The zero-order valence-corrected chi connectivity index (χ0v) is 33.8. The molecule has 2 nitrogen and oxygen atoms in total. The first-order valence-corrected chi connectivity index (χ1v) is 21.2. The van der Waals surface area contributed by atoms with Gasteiger partial charge in [-0.3, -0.25) is 0 Å². The smallest absolute Gasteiger partial charge is 0.143 e. The van der Waals surface area contributed by atoms with Gasteiger partial charge in [-0.25, -0.2) is 0 Å². The quantitative estimate of drug-likeness (QED) is 0.161. The SMILES string of the molecule is c1ccc(-c2cccc(-c3cccc4c3oc3c(-c5ccccc5-c5ccccc5-c5cccc6c5oc5c(-c7cccc(-c8ccccc8)c7)cccc56)cccc34)c2)cc1. The van der Waals surface area contributed by atoms with Crippen LogP contribution in [0.15, 0.2) is 239 Å². The molecule has 0 unspecified atom stereocenters. The first-order valence-electron chi connectivity index (χ1n) is 21.2. The van der Waals surface area contributed by atoms with Gasteiger partial charge >= 0.3 is 0 Å². The largest absolute Gasteiger partial charge is 0.455 e. The van der Waals surface area contributed by atoms with Crippen molar-refractivity contribution in [2.24, 2.45) is 0 Å². The minimum Gasteiger partial charge on any atom is -0.455 e. The van der Waals surface area contributed by atoms with Gasteiger partial charge in [-0.05, 0) is 67.8 Å². The van der Waals surface area contributed by atoms with E-state index in [2.05, 4.69) is 231 Å². The third kappa shape index (κ3) is 5.96. The molecule has 2 aromatic heterocycles. The average molecular weight is 791 g/mol. The maximum atomic E-state index is 7.03. The molecule has 0 aliphatic carbocycles. The van der Waals surface area contributed by atoms with Crippen molar-refractivity contribution < 1.29 is 8.83 Å². The number of hydrogen-bond acceptors (Lipinski definition) is 2. The number of hydrogen-bond donors (Lipinski definition) is 0. The monoisotopic (exact) mass is 790 g/mol. The molecule has 0 atom stereocenters. The second-order valence-electron chi connectivity index (χ2n) is 15.9. The van der Waals surface area contributed by atoms with E-state index in [1.807, 2.05) is 0 Å². The van der Waals surface area contributed by atoms with E-state index >= 15 is 0 Å². The highest BCUT2D eigenvalue weighted by atomic mass is 16.3. The standard InChI is InChI=1S/C60H38O2/c1-3-17-39(18-4-1)41-21-11-23-43(37-41)45-29-13-33-53-55-35-15-31-51(59(55)61-57(45)53)49-27-9-7-25-47(49)48-26-8-10-28-50(48)52-32-16-36-56-54-34-14-30-46(58(54)62-60(52)56)44-24-12-22-42(38-44)40-19-5-2-6-20-40/h1-38H. The Morgan fingerprint density at radius 1 is 0.177 bits per heavy atom. The Morgan fingerprint density at radius 3 is 0.823 bits per heavy atom. The molecule has 0 radical (unpaired) electrons. The molecule has 12 aromatic rings. The van der Waals surface area contributed by atoms with E-state index in [0.717, 1.165) is 99.5 Å². The maximum Gasteiger partial charge on any atom is 0.143 e. The van der Waals surface area contributed by atoms with Crippen molar-refractivity contribution in [1.29, 1.82) is 0 Å². The molecule has 0 bridgehead atoms. The summed E-state index contributed by atoms with van der Waals surface area (Å²) in [6.07, 6.45) is 0. The minimum atomic E-state index is 0.877. The van der Waals surface area contributed by atoms with E-state index in [4.69, 9.17) is 8.83 Å². The van der Waals surface area contributed by atoms with E-state index in [1.54, 1.807) is 0 Å². The lowest BCUT2D eigenvalue weighted by Crippen LogP contribution is -1.89. The highest BCUT2D eigenvalue weighted by Crippen LogP contribution is 2.46. The van der Waals surface area contributed by atoms with E-state index in [1.165, 1.54) is 22.3 Å². The highest BCUT2D eigenvalue weighted by molar-refractivity contribution is 6.16. The Balaban J connectivity index is 0.992. The van der Waals surface area contributed by atoms with Crippen LogP contribution in [0.1, 0.15) is 0 Å². The first kappa shape index (κ1) is 35.7. The van der Waals surface area contributed by atoms with Crippen LogP contribution in [0.4, 0.5) is 0 Å². The summed E-state index contributed by atoms with van der Waals surface area (Å²) in [5.74, 6) is 0. The minimum absolute atomic E-state index is 0.877. The summed E-state index contributed by atoms with van der Waals surface area (Å²) in [6, 6.07) is 82.0. The van der Waals surface area contributed by atoms with Gasteiger partial charge in [0.15, 0.2) is 0 Å². The molecule has 0 saturated carbocycles. The molecule has 2 heterocycles. The lowest BCUT2D eigenvalue weighted by molar-refractivity contribution is 0.670. The summed E-state index contributed by atoms with van der Waals surface area (Å²) in [6.45, 7) is 0. The van der Waals surface area contributed by atoms with Gasteiger partial charge in [0, 0.05) is 43.8 Å². The van der Waals surface area contributed by atoms with Crippen LogP contribution in [0.3, 0.4) is 0 Å². The fourth-order valence-electron chi connectivity index (χ4n) is 9.42. The van der Waals surface area contributed by atoms with E-state index in [9.17, 15) is 0 Å². The fraction of sp³-hybridized carbons (Fsp3) is 0. The summed E-state index contributed by atoms with van der Waals surface area (Å²) in [7, 11) is 0. The molecule has 10 aromatic carbocycles. The molecule has 0 amide bonds. The number of furan rings is 2. The Hall–Kier alpha value is -8.20. The van der Waals surface area contributed by atoms with Crippen molar-refractivity contribution >= 4 is 43.9 Å². The third-order valence-electron chi connectivity index (χ3n) is 12.3.